The first kappa shape index (κ1) is 21.9. The van der Waals surface area contributed by atoms with Crippen molar-refractivity contribution < 1.29 is 19.1 Å². The topological polar surface area (TPSA) is 52.6 Å². The summed E-state index contributed by atoms with van der Waals surface area (Å²) in [6.07, 6.45) is 13.4. The minimum absolute atomic E-state index is 0.132. The quantitative estimate of drug-likeness (QED) is 0.312. The largest absolute Gasteiger partial charge is 0.469 e. The van der Waals surface area contributed by atoms with E-state index in [0.717, 1.165) is 12.8 Å². The number of rotatable bonds is 15. The first-order valence-corrected chi connectivity index (χ1v) is 9.39. The molecule has 0 spiro atoms. The van der Waals surface area contributed by atoms with E-state index in [-0.39, 0.29) is 24.3 Å². The van der Waals surface area contributed by atoms with Crippen LogP contribution in [0.2, 0.25) is 0 Å². The second-order valence-corrected chi connectivity index (χ2v) is 6.20. The summed E-state index contributed by atoms with van der Waals surface area (Å²) in [5.41, 5.74) is 0. The van der Waals surface area contributed by atoms with E-state index in [2.05, 4.69) is 11.7 Å². The molecule has 1 atom stereocenters. The lowest BCUT2D eigenvalue weighted by Crippen LogP contribution is -2.21. The highest BCUT2D eigenvalue weighted by atomic mass is 16.5. The number of carbonyl (C=O) groups excluding carboxylic acids is 2. The first-order valence-electron chi connectivity index (χ1n) is 9.39. The normalized spacial score (nSPS) is 12.0. The van der Waals surface area contributed by atoms with Crippen molar-refractivity contribution in [3.63, 3.8) is 0 Å². The Morgan fingerprint density at radius 2 is 1.35 bits per heavy atom. The SMILES string of the molecule is CCCCCCCCCCCCC(CC(=O)OC)C(=O)OCC. The Balaban J connectivity index is 3.73. The number of methoxy groups -OCH3 is 1. The van der Waals surface area contributed by atoms with Crippen LogP contribution >= 0.6 is 0 Å². The average Bonchev–Trinajstić information content (AvgIpc) is 2.55. The molecule has 0 aromatic rings. The number of ether oxygens (including phenoxy) is 2. The Hall–Kier alpha value is -1.06. The Morgan fingerprint density at radius 3 is 1.83 bits per heavy atom. The van der Waals surface area contributed by atoms with Crippen LogP contribution in [0, 0.1) is 5.92 Å². The van der Waals surface area contributed by atoms with Crippen LogP contribution in [-0.2, 0) is 19.1 Å². The van der Waals surface area contributed by atoms with Gasteiger partial charge in [-0.1, -0.05) is 71.1 Å². The van der Waals surface area contributed by atoms with Crippen molar-refractivity contribution in [1.29, 1.82) is 0 Å². The van der Waals surface area contributed by atoms with E-state index in [1.54, 1.807) is 6.92 Å². The molecule has 0 aromatic carbocycles. The molecule has 1 unspecified atom stereocenters. The average molecular weight is 328 g/mol. The third-order valence-corrected chi connectivity index (χ3v) is 4.17. The van der Waals surface area contributed by atoms with E-state index in [4.69, 9.17) is 4.74 Å². The summed E-state index contributed by atoms with van der Waals surface area (Å²) < 4.78 is 9.71. The molecule has 4 nitrogen and oxygen atoms in total. The summed E-state index contributed by atoms with van der Waals surface area (Å²) in [6, 6.07) is 0. The zero-order chi connectivity index (χ0) is 17.3. The number of unbranched alkanes of at least 4 members (excludes halogenated alkanes) is 9. The molecule has 0 aliphatic carbocycles. The minimum Gasteiger partial charge on any atom is -0.469 e. The molecule has 0 fully saturated rings. The van der Waals surface area contributed by atoms with E-state index >= 15 is 0 Å². The summed E-state index contributed by atoms with van der Waals surface area (Å²) in [4.78, 5) is 23.2. The maximum absolute atomic E-state index is 11.9. The lowest BCUT2D eigenvalue weighted by atomic mass is 9.97. The van der Waals surface area contributed by atoms with Crippen molar-refractivity contribution >= 4 is 11.9 Å². The van der Waals surface area contributed by atoms with Crippen LogP contribution in [0.25, 0.3) is 0 Å². The van der Waals surface area contributed by atoms with Crippen molar-refractivity contribution in [2.75, 3.05) is 13.7 Å². The predicted octanol–water partition coefficient (Wildman–Crippen LogP) is 5.04. The summed E-state index contributed by atoms with van der Waals surface area (Å²) in [5.74, 6) is -0.958. The van der Waals surface area contributed by atoms with Crippen molar-refractivity contribution in [3.05, 3.63) is 0 Å². The number of esters is 2. The monoisotopic (exact) mass is 328 g/mol. The Morgan fingerprint density at radius 1 is 0.826 bits per heavy atom. The second kappa shape index (κ2) is 15.8. The molecule has 0 aliphatic rings. The lowest BCUT2D eigenvalue weighted by molar-refractivity contribution is -0.154. The van der Waals surface area contributed by atoms with Gasteiger partial charge in [-0.3, -0.25) is 9.59 Å². The summed E-state index contributed by atoms with van der Waals surface area (Å²) >= 11 is 0. The molecule has 0 aliphatic heterocycles. The summed E-state index contributed by atoms with van der Waals surface area (Å²) in [6.45, 7) is 4.38. The zero-order valence-electron chi connectivity index (χ0n) is 15.4. The van der Waals surface area contributed by atoms with Crippen LogP contribution in [0.3, 0.4) is 0 Å². The molecule has 0 saturated carbocycles. The number of carbonyl (C=O) groups is 2. The molecule has 0 heterocycles. The molecule has 0 saturated heterocycles. The smallest absolute Gasteiger partial charge is 0.309 e. The molecule has 0 amide bonds. The molecule has 4 heteroatoms. The van der Waals surface area contributed by atoms with Gasteiger partial charge in [0.15, 0.2) is 0 Å². The van der Waals surface area contributed by atoms with Gasteiger partial charge in [0.05, 0.1) is 26.1 Å². The fourth-order valence-corrected chi connectivity index (χ4v) is 2.73. The van der Waals surface area contributed by atoms with Gasteiger partial charge >= 0.3 is 11.9 Å². The van der Waals surface area contributed by atoms with E-state index < -0.39 is 0 Å². The molecule has 0 N–H and O–H groups in total. The zero-order valence-corrected chi connectivity index (χ0v) is 15.4. The van der Waals surface area contributed by atoms with Gasteiger partial charge in [-0.05, 0) is 13.3 Å². The van der Waals surface area contributed by atoms with Crippen LogP contribution < -0.4 is 0 Å². The van der Waals surface area contributed by atoms with E-state index in [1.807, 2.05) is 0 Å². The molecule has 23 heavy (non-hydrogen) atoms. The van der Waals surface area contributed by atoms with Gasteiger partial charge in [-0.2, -0.15) is 0 Å². The van der Waals surface area contributed by atoms with Crippen LogP contribution in [0.15, 0.2) is 0 Å². The fraction of sp³-hybridized carbons (Fsp3) is 0.895. The standard InChI is InChI=1S/C19H36O4/c1-4-6-7-8-9-10-11-12-13-14-15-17(16-18(20)22-3)19(21)23-5-2/h17H,4-16H2,1-3H3. The van der Waals surface area contributed by atoms with E-state index in [0.29, 0.717) is 13.0 Å². The van der Waals surface area contributed by atoms with Gasteiger partial charge in [-0.15, -0.1) is 0 Å². The molecular formula is C19H36O4. The highest BCUT2D eigenvalue weighted by molar-refractivity contribution is 5.79. The highest BCUT2D eigenvalue weighted by Crippen LogP contribution is 2.18. The van der Waals surface area contributed by atoms with Gasteiger partial charge in [0.25, 0.3) is 0 Å². The first-order chi connectivity index (χ1) is 11.2. The van der Waals surface area contributed by atoms with Gasteiger partial charge in [0, 0.05) is 0 Å². The number of hydrogen-bond acceptors (Lipinski definition) is 4. The molecule has 136 valence electrons. The van der Waals surface area contributed by atoms with Gasteiger partial charge < -0.3 is 9.47 Å². The predicted molar refractivity (Wildman–Crippen MR) is 93.2 cm³/mol. The number of hydrogen-bond donors (Lipinski definition) is 0. The maximum atomic E-state index is 11.9. The van der Waals surface area contributed by atoms with Crippen molar-refractivity contribution in [2.24, 2.45) is 5.92 Å². The van der Waals surface area contributed by atoms with Crippen molar-refractivity contribution in [2.45, 2.75) is 90.9 Å². The third-order valence-electron chi connectivity index (χ3n) is 4.17. The minimum atomic E-state index is -0.351. The molecule has 0 rings (SSSR count). The van der Waals surface area contributed by atoms with Crippen molar-refractivity contribution in [1.82, 2.24) is 0 Å². The Labute approximate surface area is 142 Å². The lowest BCUT2D eigenvalue weighted by Gasteiger charge is -2.14. The second-order valence-electron chi connectivity index (χ2n) is 6.20. The maximum Gasteiger partial charge on any atom is 0.309 e. The van der Waals surface area contributed by atoms with Crippen LogP contribution in [0.4, 0.5) is 0 Å². The molecule has 0 aromatic heterocycles. The van der Waals surface area contributed by atoms with Gasteiger partial charge in [-0.25, -0.2) is 0 Å². The van der Waals surface area contributed by atoms with Gasteiger partial charge in [0.1, 0.15) is 0 Å². The fourth-order valence-electron chi connectivity index (χ4n) is 2.73. The summed E-state index contributed by atoms with van der Waals surface area (Å²) in [5, 5.41) is 0. The third kappa shape index (κ3) is 13.1. The molecule has 0 radical (unpaired) electrons. The Bertz CT molecular complexity index is 302. The molecular weight excluding hydrogens is 292 g/mol. The van der Waals surface area contributed by atoms with E-state index in [9.17, 15) is 9.59 Å². The Kier molecular flexibility index (Phi) is 15.1. The van der Waals surface area contributed by atoms with Crippen LogP contribution in [0.5, 0.6) is 0 Å². The van der Waals surface area contributed by atoms with Gasteiger partial charge in [0.2, 0.25) is 0 Å². The molecule has 0 bridgehead atoms. The van der Waals surface area contributed by atoms with Crippen LogP contribution in [0.1, 0.15) is 90.9 Å². The summed E-state index contributed by atoms with van der Waals surface area (Å²) in [7, 11) is 1.35. The van der Waals surface area contributed by atoms with Crippen molar-refractivity contribution in [3.8, 4) is 0 Å². The van der Waals surface area contributed by atoms with Crippen LogP contribution in [-0.4, -0.2) is 25.7 Å². The highest BCUT2D eigenvalue weighted by Gasteiger charge is 2.23. The van der Waals surface area contributed by atoms with E-state index in [1.165, 1.54) is 58.5 Å².